The Morgan fingerprint density at radius 1 is 1.00 bits per heavy atom. The minimum Gasteiger partial charge on any atom is -0.495 e. The van der Waals surface area contributed by atoms with Crippen molar-refractivity contribution in [1.82, 2.24) is 4.90 Å². The van der Waals surface area contributed by atoms with Gasteiger partial charge in [-0.2, -0.15) is 8.42 Å². The molecule has 1 fully saturated rings. The van der Waals surface area contributed by atoms with Crippen molar-refractivity contribution in [2.75, 3.05) is 19.0 Å². The molecular formula is C34H35N3O10S. The molecule has 4 unspecified atom stereocenters. The molecule has 13 nitrogen and oxygen atoms in total. The minimum atomic E-state index is -4.70. The number of nitrogens with one attached hydrogen (secondary N) is 1. The van der Waals surface area contributed by atoms with Gasteiger partial charge in [0.05, 0.1) is 41.8 Å². The van der Waals surface area contributed by atoms with Gasteiger partial charge in [0.15, 0.2) is 6.04 Å². The maximum atomic E-state index is 14.4. The fraction of sp³-hybridized carbons (Fsp3) is 0.324. The number of hydrogen-bond acceptors (Lipinski definition) is 10. The number of methoxy groups -OCH3 is 1. The van der Waals surface area contributed by atoms with E-state index < -0.39 is 63.8 Å². The fourth-order valence-electron chi connectivity index (χ4n) is 5.89. The summed E-state index contributed by atoms with van der Waals surface area (Å²) in [5.41, 5.74) is 0.0406. The molecule has 5 rings (SSSR count). The van der Waals surface area contributed by atoms with Gasteiger partial charge in [0.25, 0.3) is 16.0 Å². The van der Waals surface area contributed by atoms with Crippen LogP contribution in [0.15, 0.2) is 88.8 Å². The molecule has 2 aliphatic rings. The molecule has 0 spiro atoms. The highest BCUT2D eigenvalue weighted by atomic mass is 32.2. The zero-order chi connectivity index (χ0) is 34.4. The molecule has 0 aromatic heterocycles. The Morgan fingerprint density at radius 2 is 1.67 bits per heavy atom. The molecule has 48 heavy (non-hydrogen) atoms. The summed E-state index contributed by atoms with van der Waals surface area (Å²) >= 11 is 0. The summed E-state index contributed by atoms with van der Waals surface area (Å²) in [5, 5.41) is 12.1. The van der Waals surface area contributed by atoms with E-state index in [1.54, 1.807) is 43.3 Å². The summed E-state index contributed by atoms with van der Waals surface area (Å²) in [4.78, 5) is 59.7. The first-order chi connectivity index (χ1) is 23.1. The highest BCUT2D eigenvalue weighted by molar-refractivity contribution is 7.86. The van der Waals surface area contributed by atoms with E-state index in [2.05, 4.69) is 5.32 Å². The second-order valence-corrected chi connectivity index (χ2v) is 12.7. The molecule has 0 radical (unpaired) electrons. The Hall–Kier alpha value is -5.08. The molecule has 3 aromatic carbocycles. The van der Waals surface area contributed by atoms with E-state index in [0.717, 1.165) is 23.8 Å². The average molecular weight is 678 g/mol. The first kappa shape index (κ1) is 34.3. The predicted octanol–water partition coefficient (Wildman–Crippen LogP) is 4.21. The van der Waals surface area contributed by atoms with Crippen molar-refractivity contribution < 1.29 is 46.4 Å². The molecule has 2 amide bonds. The Balaban J connectivity index is 1.70. The SMILES string of the molecule is CCOC(=O)C(c1ccccc1)N1C(=O)C2CCCCC2N=C1C(OS(=O)(=O)c1ccccc1)C(=O)Nc1cc(C(=O)O)ccc1OC. The van der Waals surface area contributed by atoms with Gasteiger partial charge in [-0.1, -0.05) is 61.4 Å². The third kappa shape index (κ3) is 7.24. The summed E-state index contributed by atoms with van der Waals surface area (Å²) in [6, 6.07) is 17.0. The van der Waals surface area contributed by atoms with Gasteiger partial charge in [0.2, 0.25) is 12.0 Å². The smallest absolute Gasteiger partial charge is 0.335 e. The van der Waals surface area contributed by atoms with Crippen LogP contribution in [0.4, 0.5) is 5.69 Å². The number of carbonyl (C=O) groups is 4. The minimum absolute atomic E-state index is 0.0226. The van der Waals surface area contributed by atoms with E-state index in [9.17, 15) is 32.7 Å². The quantitative estimate of drug-likeness (QED) is 0.208. The number of carboxylic acids is 1. The number of aromatic carboxylic acids is 1. The van der Waals surface area contributed by atoms with Gasteiger partial charge >= 0.3 is 11.9 Å². The molecule has 14 heteroatoms. The van der Waals surface area contributed by atoms with Crippen molar-refractivity contribution in [1.29, 1.82) is 0 Å². The van der Waals surface area contributed by atoms with Crippen LogP contribution in [0.3, 0.4) is 0 Å². The van der Waals surface area contributed by atoms with Crippen molar-refractivity contribution in [3.63, 3.8) is 0 Å². The number of fused-ring (bicyclic) bond motifs is 1. The largest absolute Gasteiger partial charge is 0.495 e. The number of anilines is 1. The van der Waals surface area contributed by atoms with Crippen LogP contribution < -0.4 is 10.1 Å². The van der Waals surface area contributed by atoms with E-state index in [-0.39, 0.29) is 28.5 Å². The third-order valence-electron chi connectivity index (χ3n) is 8.14. The maximum absolute atomic E-state index is 14.4. The number of benzene rings is 3. The number of amidine groups is 1. The van der Waals surface area contributed by atoms with E-state index >= 15 is 0 Å². The van der Waals surface area contributed by atoms with E-state index in [4.69, 9.17) is 18.6 Å². The van der Waals surface area contributed by atoms with Crippen molar-refractivity contribution in [3.05, 3.63) is 90.0 Å². The number of rotatable bonds is 12. The number of carboxylic acid groups (broad SMARTS) is 1. The zero-order valence-corrected chi connectivity index (χ0v) is 27.1. The number of nitrogens with zero attached hydrogens (tertiary/aromatic N) is 2. The van der Waals surface area contributed by atoms with Crippen LogP contribution >= 0.6 is 0 Å². The Kier molecular flexibility index (Phi) is 10.5. The van der Waals surface area contributed by atoms with Gasteiger partial charge in [0.1, 0.15) is 11.6 Å². The molecule has 0 saturated heterocycles. The lowest BCUT2D eigenvalue weighted by atomic mass is 9.81. The molecule has 1 heterocycles. The Labute approximate surface area is 277 Å². The molecule has 3 aromatic rings. The second kappa shape index (κ2) is 14.8. The molecule has 1 saturated carbocycles. The summed E-state index contributed by atoms with van der Waals surface area (Å²) in [7, 11) is -3.39. The number of hydrogen-bond donors (Lipinski definition) is 2. The van der Waals surface area contributed by atoms with Crippen LogP contribution in [0.5, 0.6) is 5.75 Å². The van der Waals surface area contributed by atoms with Gasteiger partial charge in [-0.25, -0.2) is 13.8 Å². The third-order valence-corrected chi connectivity index (χ3v) is 9.44. The van der Waals surface area contributed by atoms with Crippen LogP contribution in [0.1, 0.15) is 54.6 Å². The van der Waals surface area contributed by atoms with Crippen LogP contribution in [0.25, 0.3) is 0 Å². The van der Waals surface area contributed by atoms with Crippen LogP contribution in [0.2, 0.25) is 0 Å². The van der Waals surface area contributed by atoms with Crippen LogP contribution in [-0.4, -0.2) is 73.9 Å². The highest BCUT2D eigenvalue weighted by Crippen LogP contribution is 2.38. The normalized spacial score (nSPS) is 18.9. The van der Waals surface area contributed by atoms with Crippen LogP contribution in [-0.2, 0) is 33.4 Å². The lowest BCUT2D eigenvalue weighted by Crippen LogP contribution is -2.58. The van der Waals surface area contributed by atoms with Crippen molar-refractivity contribution >= 4 is 45.4 Å². The Morgan fingerprint density at radius 3 is 2.31 bits per heavy atom. The maximum Gasteiger partial charge on any atom is 0.335 e. The summed E-state index contributed by atoms with van der Waals surface area (Å²) in [6.07, 6.45) is 0.312. The van der Waals surface area contributed by atoms with Gasteiger partial charge < -0.3 is 19.9 Å². The van der Waals surface area contributed by atoms with Crippen molar-refractivity contribution in [3.8, 4) is 5.75 Å². The van der Waals surface area contributed by atoms with Gasteiger partial charge in [-0.15, -0.1) is 0 Å². The van der Waals surface area contributed by atoms with Gasteiger partial charge in [-0.3, -0.25) is 19.5 Å². The standard InChI is InChI=1S/C34H35N3O10S/c1-3-46-34(42)28(21-12-6-4-7-13-21)37-30(35-25-17-11-10-16-24(25)32(37)39)29(47-48(43,44)23-14-8-5-9-15-23)31(38)36-26-20-22(33(40)41)18-19-27(26)45-2/h4-9,12-15,18-20,24-25,28-29H,3,10-11,16-17H2,1-2H3,(H,36,38)(H,40,41). The zero-order valence-electron chi connectivity index (χ0n) is 26.3. The van der Waals surface area contributed by atoms with E-state index in [1.807, 2.05) is 0 Å². The number of carbonyl (C=O) groups excluding carboxylic acids is 3. The number of aliphatic imine (C=N–C) groups is 1. The second-order valence-electron chi connectivity index (χ2n) is 11.2. The van der Waals surface area contributed by atoms with E-state index in [0.29, 0.717) is 18.4 Å². The van der Waals surface area contributed by atoms with Crippen LogP contribution in [0, 0.1) is 5.92 Å². The first-order valence-electron chi connectivity index (χ1n) is 15.4. The van der Waals surface area contributed by atoms with Gasteiger partial charge in [-0.05, 0) is 55.7 Å². The summed E-state index contributed by atoms with van der Waals surface area (Å²) < 4.78 is 43.8. The number of ether oxygens (including phenoxy) is 2. The van der Waals surface area contributed by atoms with Gasteiger partial charge in [0, 0.05) is 0 Å². The lowest BCUT2D eigenvalue weighted by molar-refractivity contribution is -0.154. The fourth-order valence-corrected chi connectivity index (χ4v) is 6.92. The van der Waals surface area contributed by atoms with Crippen molar-refractivity contribution in [2.24, 2.45) is 10.9 Å². The lowest BCUT2D eigenvalue weighted by Gasteiger charge is -2.42. The summed E-state index contributed by atoms with van der Waals surface area (Å²) in [5.74, 6) is -4.73. The molecular weight excluding hydrogens is 642 g/mol. The molecule has 1 aliphatic carbocycles. The molecule has 0 bridgehead atoms. The highest BCUT2D eigenvalue weighted by Gasteiger charge is 2.50. The molecule has 252 valence electrons. The first-order valence-corrected chi connectivity index (χ1v) is 16.8. The monoisotopic (exact) mass is 677 g/mol. The summed E-state index contributed by atoms with van der Waals surface area (Å²) in [6.45, 7) is 1.58. The topological polar surface area (TPSA) is 178 Å². The predicted molar refractivity (Wildman–Crippen MR) is 173 cm³/mol. The molecule has 1 aliphatic heterocycles. The van der Waals surface area contributed by atoms with E-state index in [1.165, 1.54) is 43.5 Å². The molecule has 4 atom stereocenters. The average Bonchev–Trinajstić information content (AvgIpc) is 3.09. The molecule has 2 N–H and O–H groups in total. The number of amides is 2. The Bertz CT molecular complexity index is 1810. The number of esters is 1. The van der Waals surface area contributed by atoms with Crippen molar-refractivity contribution in [2.45, 2.75) is 55.7 Å².